The molecule has 0 aromatic rings. The second-order valence-electron chi connectivity index (χ2n) is 15.3. The van der Waals surface area contributed by atoms with Crippen molar-refractivity contribution < 1.29 is 24.5 Å². The monoisotopic (exact) mass is 682 g/mol. The van der Waals surface area contributed by atoms with Crippen LogP contribution in [0.1, 0.15) is 136 Å². The van der Waals surface area contributed by atoms with E-state index in [0.29, 0.717) is 12.2 Å². The van der Waals surface area contributed by atoms with Crippen LogP contribution in [0.3, 0.4) is 0 Å². The zero-order valence-electron chi connectivity index (χ0n) is 30.2. The zero-order chi connectivity index (χ0) is 34.2. The van der Waals surface area contributed by atoms with Gasteiger partial charge in [-0.1, -0.05) is 88.3 Å². The molecule has 0 aromatic carbocycles. The largest absolute Gasteiger partial charge is 0.393 e. The second-order valence-corrected chi connectivity index (χ2v) is 16.4. The summed E-state index contributed by atoms with van der Waals surface area (Å²) in [6, 6.07) is 0. The lowest BCUT2D eigenvalue weighted by Crippen LogP contribution is -2.60. The molecule has 7 atom stereocenters. The summed E-state index contributed by atoms with van der Waals surface area (Å²) in [5, 5.41) is 23.4. The van der Waals surface area contributed by atoms with Crippen molar-refractivity contribution in [2.45, 2.75) is 148 Å². The van der Waals surface area contributed by atoms with Crippen molar-refractivity contribution in [1.29, 1.82) is 0 Å². The first-order chi connectivity index (χ1) is 23.3. The minimum atomic E-state index is -1.11. The lowest BCUT2D eigenvalue weighted by Gasteiger charge is -2.57. The average Bonchev–Trinajstić information content (AvgIpc) is 3.41. The second kappa shape index (κ2) is 20.4. The fourth-order valence-electron chi connectivity index (χ4n) is 9.35. The van der Waals surface area contributed by atoms with Crippen LogP contribution < -0.4 is 0 Å². The summed E-state index contributed by atoms with van der Waals surface area (Å²) in [5.74, 6) is 1.36. The molecule has 3 saturated carbocycles. The van der Waals surface area contributed by atoms with Crippen molar-refractivity contribution in [3.05, 3.63) is 48.1 Å². The highest BCUT2D eigenvalue weighted by molar-refractivity contribution is 7.99. The molecule has 4 rings (SSSR count). The van der Waals surface area contributed by atoms with Gasteiger partial charge in [0.15, 0.2) is 5.78 Å². The van der Waals surface area contributed by atoms with Gasteiger partial charge in [0.25, 0.3) is 0 Å². The van der Waals surface area contributed by atoms with Gasteiger partial charge < -0.3 is 14.9 Å². The zero-order valence-corrected chi connectivity index (χ0v) is 31.0. The molecule has 270 valence electrons. The van der Waals surface area contributed by atoms with Gasteiger partial charge in [-0.3, -0.25) is 9.59 Å². The van der Waals surface area contributed by atoms with E-state index in [4.69, 9.17) is 4.74 Å². The van der Waals surface area contributed by atoms with Crippen molar-refractivity contribution in [2.24, 2.45) is 29.1 Å². The minimum Gasteiger partial charge on any atom is -0.393 e. The topological polar surface area (TPSA) is 83.8 Å². The van der Waals surface area contributed by atoms with Crippen molar-refractivity contribution in [1.82, 2.24) is 0 Å². The fourth-order valence-corrected chi connectivity index (χ4v) is 10.3. The third-order valence-corrected chi connectivity index (χ3v) is 13.0. The van der Waals surface area contributed by atoms with Crippen molar-refractivity contribution in [3.63, 3.8) is 0 Å². The maximum atomic E-state index is 13.4. The number of ketones is 2. The van der Waals surface area contributed by atoms with Gasteiger partial charge in [-0.15, -0.1) is 0 Å². The molecule has 0 aliphatic heterocycles. The summed E-state index contributed by atoms with van der Waals surface area (Å²) in [6.45, 7) is 6.03. The van der Waals surface area contributed by atoms with E-state index in [1.807, 2.05) is 6.08 Å². The summed E-state index contributed by atoms with van der Waals surface area (Å²) < 4.78 is 5.86. The predicted octanol–water partition coefficient (Wildman–Crippen LogP) is 9.52. The fraction of sp³-hybridized carbons (Fsp3) is 0.762. The van der Waals surface area contributed by atoms with Gasteiger partial charge in [0, 0.05) is 36.9 Å². The molecule has 4 unspecified atom stereocenters. The summed E-state index contributed by atoms with van der Waals surface area (Å²) >= 11 is 1.68. The number of Topliss-reactive ketones (excluding diaryl/α,β-unsaturated/α-hetero) is 1. The molecule has 48 heavy (non-hydrogen) atoms. The van der Waals surface area contributed by atoms with Crippen LogP contribution in [-0.4, -0.2) is 58.2 Å². The molecular weight excluding hydrogens is 617 g/mol. The first-order valence-corrected chi connectivity index (χ1v) is 20.8. The molecule has 3 fully saturated rings. The number of hydrogen-bond acceptors (Lipinski definition) is 6. The van der Waals surface area contributed by atoms with Gasteiger partial charge in [-0.05, 0) is 107 Å². The standard InChI is InChI=1S/C42H66O5S/c1-3-4-5-6-7-8-9-10-11-12-13-14-15-16-17-18-27-47-28-19-20-29-48-32-39(45)37-24-23-36-35-22-21-33-30-34(43)25-26-41(33,2)40(35)38(44)31-42(36,37)46/h7-8,10-11,25-26,30,35-38,40,44,46H,3-6,9,12-24,27-29,31-32H2,1-2H3/b8-7-,11-10-/t35-,36?,37+,38?,40?,41-,42?/m0/s1. The molecule has 4 aliphatic carbocycles. The highest BCUT2D eigenvalue weighted by atomic mass is 32.2. The van der Waals surface area contributed by atoms with Crippen LogP contribution in [0.5, 0.6) is 0 Å². The molecule has 6 heteroatoms. The number of rotatable bonds is 23. The van der Waals surface area contributed by atoms with Crippen molar-refractivity contribution >= 4 is 23.3 Å². The van der Waals surface area contributed by atoms with Crippen LogP contribution in [0.15, 0.2) is 48.1 Å². The molecule has 0 spiro atoms. The number of unbranched alkanes of at least 4 members (excludes halogenated alkanes) is 10. The molecule has 0 saturated heterocycles. The number of fused-ring (bicyclic) bond motifs is 5. The van der Waals surface area contributed by atoms with E-state index in [9.17, 15) is 19.8 Å². The van der Waals surface area contributed by atoms with Crippen molar-refractivity contribution in [3.8, 4) is 0 Å². The Bertz CT molecular complexity index is 1130. The Labute approximate surface area is 296 Å². The summed E-state index contributed by atoms with van der Waals surface area (Å²) in [7, 11) is 0. The Kier molecular flexibility index (Phi) is 16.7. The first-order valence-electron chi connectivity index (χ1n) is 19.6. The molecule has 2 N–H and O–H groups in total. The number of aliphatic hydroxyl groups is 2. The number of hydrogen-bond donors (Lipinski definition) is 2. The molecule has 0 radical (unpaired) electrons. The predicted molar refractivity (Wildman–Crippen MR) is 200 cm³/mol. The van der Waals surface area contributed by atoms with Gasteiger partial charge >= 0.3 is 0 Å². The summed E-state index contributed by atoms with van der Waals surface area (Å²) in [6.07, 6.45) is 34.6. The van der Waals surface area contributed by atoms with Crippen LogP contribution >= 0.6 is 11.8 Å². The molecular formula is C42H66O5S. The van der Waals surface area contributed by atoms with E-state index in [1.54, 1.807) is 23.9 Å². The number of ether oxygens (including phenoxy) is 1. The number of thioether (sulfide) groups is 1. The molecule has 5 nitrogen and oxygen atoms in total. The van der Waals surface area contributed by atoms with Gasteiger partial charge in [0.1, 0.15) is 5.78 Å². The molecule has 0 heterocycles. The van der Waals surface area contributed by atoms with Gasteiger partial charge in [0.05, 0.1) is 17.5 Å². The van der Waals surface area contributed by atoms with Gasteiger partial charge in [-0.2, -0.15) is 11.8 Å². The number of allylic oxidation sites excluding steroid dienone is 8. The minimum absolute atomic E-state index is 0.0159. The smallest absolute Gasteiger partial charge is 0.178 e. The summed E-state index contributed by atoms with van der Waals surface area (Å²) in [4.78, 5) is 25.4. The average molecular weight is 683 g/mol. The number of aliphatic hydroxyl groups excluding tert-OH is 1. The van der Waals surface area contributed by atoms with E-state index in [1.165, 1.54) is 64.2 Å². The Morgan fingerprint density at radius 1 is 0.938 bits per heavy atom. The molecule has 4 aliphatic rings. The van der Waals surface area contributed by atoms with Crippen LogP contribution in [0.4, 0.5) is 0 Å². The Balaban J connectivity index is 0.991. The van der Waals surface area contributed by atoms with Crippen LogP contribution in [0, 0.1) is 29.1 Å². The van der Waals surface area contributed by atoms with E-state index in [0.717, 1.165) is 69.5 Å². The van der Waals surface area contributed by atoms with Crippen molar-refractivity contribution in [2.75, 3.05) is 24.7 Å². The Hall–Kier alpha value is -1.47. The quantitative estimate of drug-likeness (QED) is 0.0825. The lowest BCUT2D eigenvalue weighted by molar-refractivity contribution is -0.171. The molecule has 0 aromatic heterocycles. The maximum Gasteiger partial charge on any atom is 0.178 e. The third-order valence-electron chi connectivity index (χ3n) is 11.9. The maximum absolute atomic E-state index is 13.4. The van der Waals surface area contributed by atoms with Crippen LogP contribution in [0.25, 0.3) is 0 Å². The van der Waals surface area contributed by atoms with Gasteiger partial charge in [0.2, 0.25) is 0 Å². The highest BCUT2D eigenvalue weighted by Gasteiger charge is 2.63. The molecule has 0 amide bonds. The van der Waals surface area contributed by atoms with E-state index in [2.05, 4.69) is 38.2 Å². The highest BCUT2D eigenvalue weighted by Crippen LogP contribution is 2.63. The number of carbonyl (C=O) groups is 2. The third kappa shape index (κ3) is 10.8. The van der Waals surface area contributed by atoms with E-state index in [-0.39, 0.29) is 47.1 Å². The van der Waals surface area contributed by atoms with Crippen LogP contribution in [0.2, 0.25) is 0 Å². The Morgan fingerprint density at radius 2 is 1.62 bits per heavy atom. The molecule has 0 bridgehead atoms. The van der Waals surface area contributed by atoms with E-state index >= 15 is 0 Å². The van der Waals surface area contributed by atoms with E-state index < -0.39 is 11.7 Å². The SMILES string of the molecule is CCCCC/C=C\C/C=C\CCCCCCCCOCCCCSCC(=O)[C@H]1CCC2[C@@H]3CCC4=CC(=O)C=C[C@]4(C)C3C(O)CC21O. The Morgan fingerprint density at radius 3 is 2.38 bits per heavy atom. The normalized spacial score (nSPS) is 31.3. The first kappa shape index (κ1) is 39.3. The number of carbonyl (C=O) groups excluding carboxylic acids is 2. The summed E-state index contributed by atoms with van der Waals surface area (Å²) in [5.41, 5.74) is -0.341. The van der Waals surface area contributed by atoms with Crippen LogP contribution in [-0.2, 0) is 14.3 Å². The van der Waals surface area contributed by atoms with Gasteiger partial charge in [-0.25, -0.2) is 0 Å². The lowest BCUT2D eigenvalue weighted by atomic mass is 9.49.